The van der Waals surface area contributed by atoms with E-state index in [0.717, 1.165) is 31.3 Å². The number of hydrogen-bond donors (Lipinski definition) is 10. The highest BCUT2D eigenvalue weighted by Crippen LogP contribution is 2.70. The zero-order valence-electron chi connectivity index (χ0n) is 42.2. The number of fused-ring (bicyclic) bond motifs is 7. The Morgan fingerprint density at radius 1 is 0.901 bits per heavy atom. The smallest absolute Gasteiger partial charge is 0.335 e. The predicted molar refractivity (Wildman–Crippen MR) is 247 cm³/mol. The van der Waals surface area contributed by atoms with Gasteiger partial charge < -0.3 is 93.7 Å². The molecule has 0 bridgehead atoms. The third-order valence-corrected chi connectivity index (χ3v) is 18.8. The Hall–Kier alpha value is -1.77. The van der Waals surface area contributed by atoms with Crippen molar-refractivity contribution in [2.45, 2.75) is 216 Å². The fourth-order valence-corrected chi connectivity index (χ4v) is 14.2. The zero-order valence-corrected chi connectivity index (χ0v) is 42.2. The molecular formula is C51H82O20. The van der Waals surface area contributed by atoms with Gasteiger partial charge in [0.15, 0.2) is 36.9 Å². The molecule has 4 aliphatic heterocycles. The number of hydrogen-bond acceptors (Lipinski definition) is 20. The topological polar surface area (TPSA) is 302 Å². The Balaban J connectivity index is 0.970. The van der Waals surface area contributed by atoms with E-state index < -0.39 is 134 Å². The van der Waals surface area contributed by atoms with Gasteiger partial charge in [0.05, 0.1) is 44.2 Å². The molecular weight excluding hydrogens is 933 g/mol. The van der Waals surface area contributed by atoms with Crippen molar-refractivity contribution in [3.63, 3.8) is 0 Å². The van der Waals surface area contributed by atoms with Crippen LogP contribution in [0.25, 0.3) is 0 Å². The molecule has 0 aromatic heterocycles. The van der Waals surface area contributed by atoms with Gasteiger partial charge in [-0.3, -0.25) is 0 Å². The number of carbonyl (C=O) groups excluding carboxylic acids is 1. The fraction of sp³-hybridized carbons (Fsp3) is 0.902. The molecule has 4 unspecified atom stereocenters. The van der Waals surface area contributed by atoms with Crippen LogP contribution in [0.2, 0.25) is 0 Å². The van der Waals surface area contributed by atoms with Gasteiger partial charge >= 0.3 is 5.97 Å². The van der Waals surface area contributed by atoms with E-state index in [-0.39, 0.29) is 60.7 Å². The van der Waals surface area contributed by atoms with Gasteiger partial charge in [-0.15, -0.1) is 0 Å². The molecule has 0 spiro atoms. The van der Waals surface area contributed by atoms with E-state index >= 15 is 0 Å². The minimum atomic E-state index is -1.73. The van der Waals surface area contributed by atoms with Crippen LogP contribution in [0.15, 0.2) is 23.8 Å². The Labute approximate surface area is 416 Å². The van der Waals surface area contributed by atoms with E-state index in [2.05, 4.69) is 33.4 Å². The highest BCUT2D eigenvalue weighted by molar-refractivity contribution is 5.75. The maximum absolute atomic E-state index is 13.1. The molecule has 4 heterocycles. The first kappa shape index (κ1) is 55.5. The van der Waals surface area contributed by atoms with Gasteiger partial charge in [0.1, 0.15) is 54.9 Å². The summed E-state index contributed by atoms with van der Waals surface area (Å²) in [5.74, 6) is -1.48. The molecule has 8 rings (SSSR count). The van der Waals surface area contributed by atoms with Crippen molar-refractivity contribution in [2.24, 2.45) is 46.3 Å². The molecule has 4 saturated heterocycles. The van der Waals surface area contributed by atoms with E-state index in [1.165, 1.54) is 6.92 Å². The van der Waals surface area contributed by atoms with Crippen molar-refractivity contribution in [2.75, 3.05) is 26.9 Å². The van der Waals surface area contributed by atoms with Crippen LogP contribution in [-0.4, -0.2) is 200 Å². The number of ether oxygens (including phenoxy) is 9. The first-order chi connectivity index (χ1) is 33.5. The molecule has 406 valence electrons. The average Bonchev–Trinajstić information content (AvgIpc) is 3.81. The molecule has 20 heteroatoms. The number of methoxy groups -OCH3 is 1. The lowest BCUT2D eigenvalue weighted by molar-refractivity contribution is -0.363. The number of allylic oxidation sites excluding steroid dienone is 1. The quantitative estimate of drug-likeness (QED) is 0.0735. The first-order valence-corrected chi connectivity index (χ1v) is 25.9. The lowest BCUT2D eigenvalue weighted by Gasteiger charge is -2.60. The van der Waals surface area contributed by atoms with Crippen LogP contribution in [0.3, 0.4) is 0 Å². The van der Waals surface area contributed by atoms with Crippen LogP contribution in [-0.2, 0) is 47.4 Å². The van der Waals surface area contributed by atoms with Crippen molar-refractivity contribution in [1.29, 1.82) is 0 Å². The molecule has 8 aliphatic rings. The molecule has 71 heavy (non-hydrogen) atoms. The van der Waals surface area contributed by atoms with Gasteiger partial charge in [0.2, 0.25) is 0 Å². The van der Waals surface area contributed by atoms with Crippen LogP contribution in [0.4, 0.5) is 0 Å². The maximum atomic E-state index is 13.1. The van der Waals surface area contributed by atoms with Gasteiger partial charge in [0.25, 0.3) is 0 Å². The number of carbonyl (C=O) groups is 1. The Morgan fingerprint density at radius 2 is 1.61 bits per heavy atom. The molecule has 0 aromatic carbocycles. The second-order valence-electron chi connectivity index (χ2n) is 22.6. The molecule has 0 aromatic rings. The average molecular weight is 1020 g/mol. The van der Waals surface area contributed by atoms with Gasteiger partial charge in [-0.05, 0) is 80.5 Å². The van der Waals surface area contributed by atoms with Crippen molar-refractivity contribution >= 4 is 5.97 Å². The van der Waals surface area contributed by atoms with E-state index in [9.17, 15) is 55.9 Å². The van der Waals surface area contributed by atoms with Gasteiger partial charge in [-0.1, -0.05) is 64.8 Å². The summed E-state index contributed by atoms with van der Waals surface area (Å²) in [5.41, 5.74) is 1.06. The maximum Gasteiger partial charge on any atom is 0.335 e. The van der Waals surface area contributed by atoms with Crippen molar-refractivity contribution < 1.29 is 98.5 Å². The molecule has 27 atom stereocenters. The monoisotopic (exact) mass is 1010 g/mol. The minimum absolute atomic E-state index is 0.00153. The normalized spacial score (nSPS) is 50.5. The summed E-state index contributed by atoms with van der Waals surface area (Å²) in [7, 11) is 1.67. The Morgan fingerprint density at radius 3 is 2.30 bits per heavy atom. The molecule has 3 saturated carbocycles. The lowest BCUT2D eigenvalue weighted by atomic mass is 9.46. The van der Waals surface area contributed by atoms with Crippen LogP contribution >= 0.6 is 0 Å². The summed E-state index contributed by atoms with van der Waals surface area (Å²) < 4.78 is 55.4. The van der Waals surface area contributed by atoms with E-state index in [0.29, 0.717) is 31.3 Å². The predicted octanol–water partition coefficient (Wildman–Crippen LogP) is 0.311. The Bertz CT molecular complexity index is 1890. The van der Waals surface area contributed by atoms with Crippen LogP contribution < -0.4 is 0 Å². The van der Waals surface area contributed by atoms with Crippen molar-refractivity contribution in [1.82, 2.24) is 0 Å². The van der Waals surface area contributed by atoms with E-state index in [4.69, 9.17) is 42.6 Å². The molecule has 20 nitrogen and oxygen atoms in total. The van der Waals surface area contributed by atoms with E-state index in [1.807, 2.05) is 6.92 Å². The first-order valence-electron chi connectivity index (χ1n) is 25.9. The largest absolute Gasteiger partial charge is 0.455 e. The summed E-state index contributed by atoms with van der Waals surface area (Å²) in [6.45, 7) is 15.1. The molecule has 0 amide bonds. The SMILES string of the molecule is C=C(CCC1(OC)OC2C[C@H]3[C@@H]4CC=C5C[C@@H](O)C[C@@H](O[C@@H]6OC[C@H](OC(=O)[C@@H](O)[C@@H](C)CC)[C@H](O)[C@H]6O[C@@H]6O[C@@H](C)[C@H](O)[C@@H](O)[C@H]6O)[C@]5(C)[C@H]4CC[C@]3(C)C2C1C)CO[C@@H]1O[C@H](CO)[C@@H](O)[C@H](O)[C@H]1O. The van der Waals surface area contributed by atoms with Crippen LogP contribution in [0.1, 0.15) is 99.3 Å². The fourth-order valence-electron chi connectivity index (χ4n) is 14.2. The van der Waals surface area contributed by atoms with Gasteiger partial charge in [-0.2, -0.15) is 0 Å². The third kappa shape index (κ3) is 9.97. The van der Waals surface area contributed by atoms with Gasteiger partial charge in [0, 0.05) is 31.3 Å². The van der Waals surface area contributed by atoms with Crippen LogP contribution in [0, 0.1) is 46.3 Å². The summed E-state index contributed by atoms with van der Waals surface area (Å²) in [6, 6.07) is 0. The summed E-state index contributed by atoms with van der Waals surface area (Å²) in [4.78, 5) is 13.1. The molecule has 4 aliphatic carbocycles. The standard InChI is InChI=1S/C51H82O20/c1-9-23(3)36(54)45(62)67-33-21-65-48(44(39(33)57)70-47-43(61)40(58)37(55)25(5)66-47)69-34-17-27(53)16-26-10-11-28-29(50(26,34)7)13-14-49(6)30(28)18-31-35(49)24(4)51(63-8,71-31)15-12-22(2)20-64-46-42(60)41(59)38(56)32(19-52)68-46/h10,23-25,27-44,46-48,52-61H,2,9,11-21H2,1,3-8H3/t23-,24?,25-,27+,28+,29-,30-,31?,32+,33-,34+,35?,36-,37-,38+,39-,40+,41-,42+,43+,44+,46+,47-,48-,49-,50-,51?/m0/s1. The van der Waals surface area contributed by atoms with Crippen LogP contribution in [0.5, 0.6) is 0 Å². The molecule has 7 fully saturated rings. The second-order valence-corrected chi connectivity index (χ2v) is 22.6. The summed E-state index contributed by atoms with van der Waals surface area (Å²) in [5, 5.41) is 106. The number of esters is 1. The Kier molecular flexibility index (Phi) is 16.9. The number of aliphatic hydroxyl groups is 10. The molecule has 0 radical (unpaired) electrons. The third-order valence-electron chi connectivity index (χ3n) is 18.8. The zero-order chi connectivity index (χ0) is 51.6. The highest BCUT2D eigenvalue weighted by Gasteiger charge is 2.69. The minimum Gasteiger partial charge on any atom is -0.455 e. The van der Waals surface area contributed by atoms with Crippen molar-refractivity contribution in [3.8, 4) is 0 Å². The lowest BCUT2D eigenvalue weighted by Crippen LogP contribution is -2.64. The summed E-state index contributed by atoms with van der Waals surface area (Å²) in [6.07, 6.45) is -15.1. The second kappa shape index (κ2) is 21.7. The van der Waals surface area contributed by atoms with E-state index in [1.54, 1.807) is 14.0 Å². The number of rotatable bonds is 16. The number of aliphatic hydroxyl groups excluding tert-OH is 10. The van der Waals surface area contributed by atoms with Gasteiger partial charge in [-0.25, -0.2) is 4.79 Å². The van der Waals surface area contributed by atoms with Crippen molar-refractivity contribution in [3.05, 3.63) is 23.8 Å². The highest BCUT2D eigenvalue weighted by atomic mass is 16.8. The molecule has 10 N–H and O–H groups in total. The summed E-state index contributed by atoms with van der Waals surface area (Å²) >= 11 is 0.